The summed E-state index contributed by atoms with van der Waals surface area (Å²) in [4.78, 5) is 0. The Bertz CT molecular complexity index is 372. The molecule has 4 heteroatoms. The summed E-state index contributed by atoms with van der Waals surface area (Å²) in [7, 11) is 1.89. The van der Waals surface area contributed by atoms with Crippen LogP contribution in [0, 0.1) is 0 Å². The van der Waals surface area contributed by atoms with E-state index in [0.29, 0.717) is 5.92 Å². The number of hydrogen-bond acceptors (Lipinski definition) is 2. The molecule has 15 heavy (non-hydrogen) atoms. The molecule has 1 heterocycles. The minimum atomic E-state index is -0.0326. The maximum atomic E-state index is 6.32. The summed E-state index contributed by atoms with van der Waals surface area (Å²) in [6.45, 7) is 6.40. The molecule has 0 amide bonds. The zero-order valence-electron chi connectivity index (χ0n) is 9.76. The molecule has 3 nitrogen and oxygen atoms in total. The SMILES string of the molecule is CNc1c(Cl)c(C2CC2)nn1C(C)(C)C. The molecule has 1 fully saturated rings. The average molecular weight is 228 g/mol. The third kappa shape index (κ3) is 1.85. The molecular weight excluding hydrogens is 210 g/mol. The number of nitrogens with one attached hydrogen (secondary N) is 1. The molecule has 1 aromatic rings. The molecule has 1 aliphatic carbocycles. The number of hydrogen-bond donors (Lipinski definition) is 1. The third-order valence-corrected chi connectivity index (χ3v) is 3.06. The van der Waals surface area contributed by atoms with Crippen LogP contribution in [0.4, 0.5) is 5.82 Å². The van der Waals surface area contributed by atoms with Crippen LogP contribution in [0.3, 0.4) is 0 Å². The monoisotopic (exact) mass is 227 g/mol. The van der Waals surface area contributed by atoms with Gasteiger partial charge in [-0.15, -0.1) is 0 Å². The van der Waals surface area contributed by atoms with Crippen molar-refractivity contribution < 1.29 is 0 Å². The zero-order valence-corrected chi connectivity index (χ0v) is 10.5. The highest BCUT2D eigenvalue weighted by atomic mass is 35.5. The molecule has 0 spiro atoms. The van der Waals surface area contributed by atoms with Gasteiger partial charge in [0.15, 0.2) is 0 Å². The molecule has 1 aliphatic rings. The number of rotatable bonds is 2. The van der Waals surface area contributed by atoms with Crippen LogP contribution < -0.4 is 5.32 Å². The Morgan fingerprint density at radius 3 is 2.33 bits per heavy atom. The van der Waals surface area contributed by atoms with Crippen molar-refractivity contribution in [2.24, 2.45) is 0 Å². The molecule has 1 aromatic heterocycles. The number of halogens is 1. The van der Waals surface area contributed by atoms with Crippen molar-refractivity contribution in [1.29, 1.82) is 0 Å². The van der Waals surface area contributed by atoms with Gasteiger partial charge in [0.1, 0.15) is 10.8 Å². The Hall–Kier alpha value is -0.700. The van der Waals surface area contributed by atoms with E-state index >= 15 is 0 Å². The van der Waals surface area contributed by atoms with E-state index in [4.69, 9.17) is 11.6 Å². The Balaban J connectivity index is 2.49. The van der Waals surface area contributed by atoms with E-state index < -0.39 is 0 Å². The summed E-state index contributed by atoms with van der Waals surface area (Å²) >= 11 is 6.32. The fourth-order valence-corrected chi connectivity index (χ4v) is 2.10. The zero-order chi connectivity index (χ0) is 11.2. The van der Waals surface area contributed by atoms with Gasteiger partial charge in [-0.1, -0.05) is 11.6 Å². The smallest absolute Gasteiger partial charge is 0.143 e. The molecule has 0 atom stereocenters. The number of aromatic nitrogens is 2. The lowest BCUT2D eigenvalue weighted by Crippen LogP contribution is -2.24. The average Bonchev–Trinajstić information content (AvgIpc) is 2.89. The third-order valence-electron chi connectivity index (χ3n) is 2.69. The van der Waals surface area contributed by atoms with Crippen molar-refractivity contribution in [3.8, 4) is 0 Å². The van der Waals surface area contributed by atoms with Crippen molar-refractivity contribution in [1.82, 2.24) is 9.78 Å². The first kappa shape index (κ1) is 10.8. The maximum absolute atomic E-state index is 6.32. The molecule has 0 unspecified atom stereocenters. The highest BCUT2D eigenvalue weighted by Crippen LogP contribution is 2.45. The largest absolute Gasteiger partial charge is 0.372 e. The number of anilines is 1. The van der Waals surface area contributed by atoms with Crippen LogP contribution in [0.25, 0.3) is 0 Å². The summed E-state index contributed by atoms with van der Waals surface area (Å²) < 4.78 is 1.99. The highest BCUT2D eigenvalue weighted by Gasteiger charge is 2.33. The van der Waals surface area contributed by atoms with Crippen LogP contribution in [-0.4, -0.2) is 16.8 Å². The summed E-state index contributed by atoms with van der Waals surface area (Å²) in [5.74, 6) is 1.53. The first-order valence-corrected chi connectivity index (χ1v) is 5.79. The first-order valence-electron chi connectivity index (χ1n) is 5.41. The minimum absolute atomic E-state index is 0.0326. The van der Waals surface area contributed by atoms with E-state index in [1.807, 2.05) is 11.7 Å². The van der Waals surface area contributed by atoms with Crippen molar-refractivity contribution in [3.05, 3.63) is 10.7 Å². The van der Waals surface area contributed by atoms with Gasteiger partial charge in [-0.05, 0) is 33.6 Å². The normalized spacial score (nSPS) is 16.9. The van der Waals surface area contributed by atoms with E-state index in [2.05, 4.69) is 31.2 Å². The van der Waals surface area contributed by atoms with Gasteiger partial charge in [0, 0.05) is 13.0 Å². The summed E-state index contributed by atoms with van der Waals surface area (Å²) in [5, 5.41) is 8.58. The van der Waals surface area contributed by atoms with Crippen LogP contribution in [0.2, 0.25) is 5.02 Å². The Morgan fingerprint density at radius 1 is 1.40 bits per heavy atom. The Kier molecular flexibility index (Phi) is 2.45. The van der Waals surface area contributed by atoms with Crippen LogP contribution in [0.1, 0.15) is 45.2 Å². The highest BCUT2D eigenvalue weighted by molar-refractivity contribution is 6.33. The molecule has 84 valence electrons. The second-order valence-corrected chi connectivity index (χ2v) is 5.53. The van der Waals surface area contributed by atoms with Gasteiger partial charge >= 0.3 is 0 Å². The van der Waals surface area contributed by atoms with Crippen molar-refractivity contribution in [2.45, 2.75) is 45.1 Å². The lowest BCUT2D eigenvalue weighted by Gasteiger charge is -2.22. The van der Waals surface area contributed by atoms with Gasteiger partial charge in [-0.25, -0.2) is 4.68 Å². The minimum Gasteiger partial charge on any atom is -0.372 e. The van der Waals surface area contributed by atoms with E-state index in [1.165, 1.54) is 12.8 Å². The maximum Gasteiger partial charge on any atom is 0.143 e. The second-order valence-electron chi connectivity index (χ2n) is 5.15. The molecule has 1 saturated carbocycles. The van der Waals surface area contributed by atoms with Crippen LogP contribution in [0.5, 0.6) is 0 Å². The lowest BCUT2D eigenvalue weighted by molar-refractivity contribution is 0.358. The lowest BCUT2D eigenvalue weighted by atomic mass is 10.1. The first-order chi connectivity index (χ1) is 6.95. The Labute approximate surface area is 95.8 Å². The van der Waals surface area contributed by atoms with Gasteiger partial charge in [-0.2, -0.15) is 5.10 Å². The van der Waals surface area contributed by atoms with E-state index in [9.17, 15) is 0 Å². The van der Waals surface area contributed by atoms with Crippen LogP contribution >= 0.6 is 11.6 Å². The summed E-state index contributed by atoms with van der Waals surface area (Å²) in [6.07, 6.45) is 2.45. The summed E-state index contributed by atoms with van der Waals surface area (Å²) in [5.41, 5.74) is 1.03. The van der Waals surface area contributed by atoms with Crippen molar-refractivity contribution in [2.75, 3.05) is 12.4 Å². The Morgan fingerprint density at radius 2 is 2.00 bits per heavy atom. The molecule has 0 aliphatic heterocycles. The number of nitrogens with zero attached hydrogens (tertiary/aromatic N) is 2. The quantitative estimate of drug-likeness (QED) is 0.841. The molecule has 0 aromatic carbocycles. The van der Waals surface area contributed by atoms with Gasteiger partial charge < -0.3 is 5.32 Å². The summed E-state index contributed by atoms with van der Waals surface area (Å²) in [6, 6.07) is 0. The predicted molar refractivity (Wildman–Crippen MR) is 63.8 cm³/mol. The van der Waals surface area contributed by atoms with Gasteiger partial charge in [0.05, 0.1) is 11.2 Å². The topological polar surface area (TPSA) is 29.9 Å². The molecule has 0 bridgehead atoms. The van der Waals surface area contributed by atoms with Crippen molar-refractivity contribution in [3.63, 3.8) is 0 Å². The van der Waals surface area contributed by atoms with Crippen LogP contribution in [-0.2, 0) is 5.54 Å². The standard InChI is InChI=1S/C11H18ClN3/c1-11(2,3)15-10(13-4)8(12)9(14-15)7-5-6-7/h7,13H,5-6H2,1-4H3. The van der Waals surface area contributed by atoms with E-state index in [1.54, 1.807) is 0 Å². The van der Waals surface area contributed by atoms with E-state index in [0.717, 1.165) is 16.5 Å². The van der Waals surface area contributed by atoms with Crippen molar-refractivity contribution >= 4 is 17.4 Å². The second kappa shape index (κ2) is 3.41. The van der Waals surface area contributed by atoms with E-state index in [-0.39, 0.29) is 5.54 Å². The van der Waals surface area contributed by atoms with Gasteiger partial charge in [0.25, 0.3) is 0 Å². The van der Waals surface area contributed by atoms with Gasteiger partial charge in [-0.3, -0.25) is 0 Å². The molecule has 2 rings (SSSR count). The molecule has 0 saturated heterocycles. The fraction of sp³-hybridized carbons (Fsp3) is 0.727. The van der Waals surface area contributed by atoms with Crippen LogP contribution in [0.15, 0.2) is 0 Å². The molecule has 1 N–H and O–H groups in total. The predicted octanol–water partition coefficient (Wildman–Crippen LogP) is 3.21. The fourth-order valence-electron chi connectivity index (χ4n) is 1.73. The molecule has 0 radical (unpaired) electrons. The van der Waals surface area contributed by atoms with Gasteiger partial charge in [0.2, 0.25) is 0 Å². The molecular formula is C11H18ClN3.